The molecule has 4 heterocycles. The van der Waals surface area contributed by atoms with Gasteiger partial charge in [-0.3, -0.25) is 0 Å². The van der Waals surface area contributed by atoms with E-state index < -0.39 is 0 Å². The lowest BCUT2D eigenvalue weighted by molar-refractivity contribution is 0.393. The molecule has 0 unspecified atom stereocenters. The monoisotopic (exact) mass is 350 g/mol. The Kier molecular flexibility index (Phi) is 3.69. The van der Waals surface area contributed by atoms with E-state index in [1.165, 1.54) is 19.3 Å². The van der Waals surface area contributed by atoms with Crippen molar-refractivity contribution in [2.45, 2.75) is 32.1 Å². The maximum Gasteiger partial charge on any atom is 0.222 e. The fraction of sp³-hybridized carbons (Fsp3) is 0.500. The molecule has 0 radical (unpaired) electrons. The van der Waals surface area contributed by atoms with E-state index in [1.807, 2.05) is 29.6 Å². The highest BCUT2D eigenvalue weighted by molar-refractivity contribution is 5.48. The first kappa shape index (κ1) is 15.5. The van der Waals surface area contributed by atoms with Crippen molar-refractivity contribution in [3.8, 4) is 0 Å². The van der Waals surface area contributed by atoms with E-state index in [2.05, 4.69) is 30.4 Å². The van der Waals surface area contributed by atoms with Crippen molar-refractivity contribution in [3.63, 3.8) is 0 Å². The van der Waals surface area contributed by atoms with E-state index in [9.17, 15) is 0 Å². The van der Waals surface area contributed by atoms with Crippen LogP contribution in [0.2, 0.25) is 0 Å². The van der Waals surface area contributed by atoms with E-state index in [0.29, 0.717) is 17.8 Å². The molecule has 8 heteroatoms. The van der Waals surface area contributed by atoms with Crippen molar-refractivity contribution in [2.24, 2.45) is 5.92 Å². The summed E-state index contributed by atoms with van der Waals surface area (Å²) in [5.41, 5.74) is 1.82. The molecule has 1 N–H and O–H groups in total. The van der Waals surface area contributed by atoms with Crippen LogP contribution in [0.5, 0.6) is 0 Å². The first-order valence-electron chi connectivity index (χ1n) is 9.27. The Bertz CT molecular complexity index is 926. The molecule has 1 saturated heterocycles. The molecule has 8 nitrogen and oxygen atoms in total. The second kappa shape index (κ2) is 6.19. The topological polar surface area (TPSA) is 84.1 Å². The van der Waals surface area contributed by atoms with Crippen molar-refractivity contribution in [1.82, 2.24) is 29.8 Å². The summed E-state index contributed by atoms with van der Waals surface area (Å²) in [5, 5.41) is 16.7. The van der Waals surface area contributed by atoms with Gasteiger partial charge >= 0.3 is 0 Å². The number of nitrogens with one attached hydrogen (secondary N) is 1. The Balaban J connectivity index is 1.23. The Morgan fingerprint density at radius 2 is 2.04 bits per heavy atom. The zero-order chi connectivity index (χ0) is 17.5. The lowest BCUT2D eigenvalue weighted by atomic mass is 9.85. The van der Waals surface area contributed by atoms with Gasteiger partial charge in [0.2, 0.25) is 5.95 Å². The predicted molar refractivity (Wildman–Crippen MR) is 98.3 cm³/mol. The highest BCUT2D eigenvalue weighted by Gasteiger charge is 2.29. The third kappa shape index (κ3) is 2.75. The van der Waals surface area contributed by atoms with Gasteiger partial charge in [-0.05, 0) is 38.0 Å². The average Bonchev–Trinajstić information content (AvgIpc) is 2.95. The van der Waals surface area contributed by atoms with Crippen LogP contribution in [0.15, 0.2) is 24.4 Å². The van der Waals surface area contributed by atoms with E-state index >= 15 is 0 Å². The first-order chi connectivity index (χ1) is 12.8. The van der Waals surface area contributed by atoms with Crippen LogP contribution < -0.4 is 10.2 Å². The van der Waals surface area contributed by atoms with Gasteiger partial charge in [0.15, 0.2) is 11.5 Å². The van der Waals surface area contributed by atoms with Crippen molar-refractivity contribution in [1.29, 1.82) is 0 Å². The molecule has 3 aromatic rings. The largest absolute Gasteiger partial charge is 0.354 e. The van der Waals surface area contributed by atoms with Crippen LogP contribution in [0.25, 0.3) is 5.65 Å². The smallest absolute Gasteiger partial charge is 0.222 e. The van der Waals surface area contributed by atoms with Gasteiger partial charge in [0.1, 0.15) is 5.82 Å². The number of rotatable bonds is 5. The normalized spacial score (nSPS) is 18.0. The van der Waals surface area contributed by atoms with Gasteiger partial charge in [0.05, 0.1) is 0 Å². The van der Waals surface area contributed by atoms with Crippen LogP contribution >= 0.6 is 0 Å². The van der Waals surface area contributed by atoms with Gasteiger partial charge in [-0.15, -0.1) is 15.3 Å². The highest BCUT2D eigenvalue weighted by Crippen LogP contribution is 2.35. The molecule has 1 aliphatic carbocycles. The van der Waals surface area contributed by atoms with Gasteiger partial charge < -0.3 is 10.2 Å². The molecule has 2 fully saturated rings. The van der Waals surface area contributed by atoms with Gasteiger partial charge in [0.25, 0.3) is 0 Å². The number of nitrogens with zero attached hydrogens (tertiary/aromatic N) is 7. The lowest BCUT2D eigenvalue weighted by Gasteiger charge is -2.40. The van der Waals surface area contributed by atoms with E-state index in [1.54, 1.807) is 6.20 Å². The molecule has 0 spiro atoms. The molecule has 3 aromatic heterocycles. The minimum atomic E-state index is 0.524. The molecule has 0 amide bonds. The van der Waals surface area contributed by atoms with Crippen molar-refractivity contribution >= 4 is 17.4 Å². The van der Waals surface area contributed by atoms with Crippen LogP contribution in [-0.4, -0.2) is 49.4 Å². The molecule has 1 saturated carbocycles. The molecule has 134 valence electrons. The van der Waals surface area contributed by atoms with Gasteiger partial charge in [-0.25, -0.2) is 9.97 Å². The Hall–Kier alpha value is -2.77. The summed E-state index contributed by atoms with van der Waals surface area (Å²) in [7, 11) is 0. The second-order valence-corrected chi connectivity index (χ2v) is 7.32. The molecular weight excluding hydrogens is 328 g/mol. The third-order valence-corrected chi connectivity index (χ3v) is 5.37. The Labute approximate surface area is 151 Å². The van der Waals surface area contributed by atoms with Gasteiger partial charge in [-0.1, -0.05) is 6.42 Å². The Morgan fingerprint density at radius 1 is 1.15 bits per heavy atom. The van der Waals surface area contributed by atoms with E-state index in [-0.39, 0.29) is 0 Å². The SMILES string of the molecule is Cc1ccnc(NCC2CN(c3ccc4nnc(C5CCC5)n4n3)C2)n1. The fourth-order valence-electron chi connectivity index (χ4n) is 3.54. The standard InChI is InChI=1S/C18H22N8/c1-12-7-8-19-18(21-12)20-9-13-10-25(11-13)16-6-5-15-22-23-17(26(15)24-16)14-3-2-4-14/h5-8,13-14H,2-4,9-11H2,1H3,(H,19,20,21). The fourth-order valence-corrected chi connectivity index (χ4v) is 3.54. The van der Waals surface area contributed by atoms with Crippen LogP contribution in [0.1, 0.15) is 36.7 Å². The summed E-state index contributed by atoms with van der Waals surface area (Å²) in [6.07, 6.45) is 5.47. The molecule has 0 atom stereocenters. The lowest BCUT2D eigenvalue weighted by Crippen LogP contribution is -2.50. The second-order valence-electron chi connectivity index (χ2n) is 7.32. The number of aromatic nitrogens is 6. The minimum absolute atomic E-state index is 0.524. The third-order valence-electron chi connectivity index (χ3n) is 5.37. The zero-order valence-corrected chi connectivity index (χ0v) is 14.8. The van der Waals surface area contributed by atoms with E-state index in [4.69, 9.17) is 5.10 Å². The number of aryl methyl sites for hydroxylation is 1. The number of fused-ring (bicyclic) bond motifs is 1. The predicted octanol–water partition coefficient (Wildman–Crippen LogP) is 2.04. The summed E-state index contributed by atoms with van der Waals surface area (Å²) >= 11 is 0. The number of anilines is 2. The molecule has 0 bridgehead atoms. The van der Waals surface area contributed by atoms with Crippen LogP contribution in [0.4, 0.5) is 11.8 Å². The van der Waals surface area contributed by atoms with Crippen molar-refractivity contribution < 1.29 is 0 Å². The van der Waals surface area contributed by atoms with Crippen LogP contribution in [0, 0.1) is 12.8 Å². The Morgan fingerprint density at radius 3 is 2.81 bits per heavy atom. The minimum Gasteiger partial charge on any atom is -0.354 e. The molecule has 0 aromatic carbocycles. The number of hydrogen-bond acceptors (Lipinski definition) is 7. The highest BCUT2D eigenvalue weighted by atomic mass is 15.4. The average molecular weight is 350 g/mol. The number of hydrogen-bond donors (Lipinski definition) is 1. The molecule has 2 aliphatic rings. The summed E-state index contributed by atoms with van der Waals surface area (Å²) in [4.78, 5) is 10.9. The molecule has 5 rings (SSSR count). The summed E-state index contributed by atoms with van der Waals surface area (Å²) < 4.78 is 1.94. The van der Waals surface area contributed by atoms with Crippen molar-refractivity contribution in [2.75, 3.05) is 29.9 Å². The summed E-state index contributed by atoms with van der Waals surface area (Å²) in [6.45, 7) is 4.82. The summed E-state index contributed by atoms with van der Waals surface area (Å²) in [6, 6.07) is 5.96. The molecular formula is C18H22N8. The maximum absolute atomic E-state index is 4.80. The van der Waals surface area contributed by atoms with Gasteiger partial charge in [0, 0.05) is 43.4 Å². The zero-order valence-electron chi connectivity index (χ0n) is 14.8. The van der Waals surface area contributed by atoms with Crippen molar-refractivity contribution in [3.05, 3.63) is 35.9 Å². The van der Waals surface area contributed by atoms with Gasteiger partial charge in [-0.2, -0.15) is 4.52 Å². The van der Waals surface area contributed by atoms with Crippen LogP contribution in [0.3, 0.4) is 0 Å². The quantitative estimate of drug-likeness (QED) is 0.754. The molecule has 26 heavy (non-hydrogen) atoms. The summed E-state index contributed by atoms with van der Waals surface area (Å²) in [5.74, 6) is 3.82. The first-order valence-corrected chi connectivity index (χ1v) is 9.27. The molecule has 1 aliphatic heterocycles. The van der Waals surface area contributed by atoms with E-state index in [0.717, 1.165) is 42.6 Å². The maximum atomic E-state index is 4.80. The van der Waals surface area contributed by atoms with Crippen LogP contribution in [-0.2, 0) is 0 Å².